The number of hydrogen-bond acceptors (Lipinski definition) is 4. The van der Waals surface area contributed by atoms with Crippen LogP contribution in [0.15, 0.2) is 48.5 Å². The van der Waals surface area contributed by atoms with Crippen LogP contribution in [0.3, 0.4) is 0 Å². The lowest BCUT2D eigenvalue weighted by Gasteiger charge is -2.12. The molecule has 0 saturated heterocycles. The first-order valence-corrected chi connectivity index (χ1v) is 5.85. The minimum absolute atomic E-state index is 0.263. The Morgan fingerprint density at radius 2 is 1.79 bits per heavy atom. The molecule has 0 bridgehead atoms. The Morgan fingerprint density at radius 3 is 2.47 bits per heavy atom. The van der Waals surface area contributed by atoms with E-state index in [2.05, 4.69) is 10.9 Å². The third-order valence-corrected chi connectivity index (χ3v) is 2.67. The van der Waals surface area contributed by atoms with Crippen molar-refractivity contribution in [1.29, 1.82) is 0 Å². The summed E-state index contributed by atoms with van der Waals surface area (Å²) in [6.45, 7) is 0.263. The Kier molecular flexibility index (Phi) is 4.51. The Hall–Kier alpha value is -1.89. The summed E-state index contributed by atoms with van der Waals surface area (Å²) in [4.78, 5) is 0. The van der Waals surface area contributed by atoms with Crippen LogP contribution in [0, 0.1) is 5.82 Å². The van der Waals surface area contributed by atoms with Crippen LogP contribution >= 0.6 is 0 Å². The number of para-hydroxylation sites is 1. The number of hydrazine groups is 1. The Labute approximate surface area is 111 Å². The van der Waals surface area contributed by atoms with Gasteiger partial charge in [-0.3, -0.25) is 0 Å². The van der Waals surface area contributed by atoms with Gasteiger partial charge in [-0.1, -0.05) is 24.3 Å². The molecule has 0 radical (unpaired) electrons. The molecule has 0 fully saturated rings. The molecule has 6 heteroatoms. The molecular formula is C13H14BFN2O2. The van der Waals surface area contributed by atoms with Crippen molar-refractivity contribution in [2.75, 3.05) is 5.43 Å². The number of anilines is 1. The fourth-order valence-corrected chi connectivity index (χ4v) is 1.74. The second-order valence-electron chi connectivity index (χ2n) is 4.06. The predicted molar refractivity (Wildman–Crippen MR) is 73.1 cm³/mol. The fourth-order valence-electron chi connectivity index (χ4n) is 1.74. The molecule has 0 aliphatic carbocycles. The van der Waals surface area contributed by atoms with Gasteiger partial charge in [0.25, 0.3) is 0 Å². The zero-order chi connectivity index (χ0) is 13.7. The maximum Gasteiger partial charge on any atom is 0.488 e. The number of hydrogen-bond donors (Lipinski definition) is 4. The predicted octanol–water partition coefficient (Wildman–Crippen LogP) is 0.622. The standard InChI is InChI=1S/C13H14BFN2O2/c15-11-6-7-13(14(18)19)10(8-11)9-16-17-12-4-2-1-3-5-12/h1-8,16-19H,9H2. The van der Waals surface area contributed by atoms with Crippen LogP contribution in [0.25, 0.3) is 0 Å². The van der Waals surface area contributed by atoms with E-state index in [0.29, 0.717) is 5.56 Å². The summed E-state index contributed by atoms with van der Waals surface area (Å²) in [6, 6.07) is 13.2. The molecule has 4 N–H and O–H groups in total. The van der Waals surface area contributed by atoms with E-state index in [1.165, 1.54) is 18.2 Å². The summed E-state index contributed by atoms with van der Waals surface area (Å²) in [5, 5.41) is 18.4. The zero-order valence-corrected chi connectivity index (χ0v) is 10.2. The van der Waals surface area contributed by atoms with Gasteiger partial charge >= 0.3 is 7.12 Å². The summed E-state index contributed by atoms with van der Waals surface area (Å²) < 4.78 is 13.1. The number of benzene rings is 2. The molecule has 98 valence electrons. The average Bonchev–Trinajstić information content (AvgIpc) is 2.39. The van der Waals surface area contributed by atoms with Gasteiger partial charge in [-0.05, 0) is 35.3 Å². The summed E-state index contributed by atoms with van der Waals surface area (Å²) in [5.41, 5.74) is 7.48. The molecule has 2 aromatic carbocycles. The second-order valence-corrected chi connectivity index (χ2v) is 4.06. The molecule has 0 aliphatic rings. The quantitative estimate of drug-likeness (QED) is 0.470. The lowest BCUT2D eigenvalue weighted by atomic mass is 9.77. The van der Waals surface area contributed by atoms with Gasteiger partial charge in [-0.2, -0.15) is 0 Å². The lowest BCUT2D eigenvalue weighted by molar-refractivity contribution is 0.425. The van der Waals surface area contributed by atoms with E-state index >= 15 is 0 Å². The van der Waals surface area contributed by atoms with Gasteiger partial charge in [0.1, 0.15) is 5.82 Å². The van der Waals surface area contributed by atoms with Crippen molar-refractivity contribution in [2.24, 2.45) is 0 Å². The van der Waals surface area contributed by atoms with E-state index in [4.69, 9.17) is 0 Å². The Balaban J connectivity index is 2.01. The maximum atomic E-state index is 13.1. The van der Waals surface area contributed by atoms with Crippen LogP contribution in [-0.2, 0) is 6.54 Å². The van der Waals surface area contributed by atoms with Gasteiger partial charge in [0.15, 0.2) is 0 Å². The van der Waals surface area contributed by atoms with E-state index in [-0.39, 0.29) is 12.0 Å². The molecule has 0 unspecified atom stereocenters. The van der Waals surface area contributed by atoms with Gasteiger partial charge < -0.3 is 15.5 Å². The highest BCUT2D eigenvalue weighted by atomic mass is 19.1. The van der Waals surface area contributed by atoms with Crippen molar-refractivity contribution in [1.82, 2.24) is 5.43 Å². The van der Waals surface area contributed by atoms with Crippen LogP contribution in [0.1, 0.15) is 5.56 Å². The highest BCUT2D eigenvalue weighted by Crippen LogP contribution is 2.05. The van der Waals surface area contributed by atoms with E-state index in [1.807, 2.05) is 30.3 Å². The van der Waals surface area contributed by atoms with E-state index in [0.717, 1.165) is 5.69 Å². The first-order valence-electron chi connectivity index (χ1n) is 5.85. The third-order valence-electron chi connectivity index (χ3n) is 2.67. The minimum Gasteiger partial charge on any atom is -0.423 e. The van der Waals surface area contributed by atoms with Crippen LogP contribution < -0.4 is 16.3 Å². The summed E-state index contributed by atoms with van der Waals surface area (Å²) in [6.07, 6.45) is 0. The van der Waals surface area contributed by atoms with Crippen LogP contribution in [0.5, 0.6) is 0 Å². The van der Waals surface area contributed by atoms with Gasteiger partial charge in [-0.25, -0.2) is 9.82 Å². The molecule has 2 rings (SSSR count). The smallest absolute Gasteiger partial charge is 0.423 e. The van der Waals surface area contributed by atoms with Crippen molar-refractivity contribution in [3.63, 3.8) is 0 Å². The average molecular weight is 260 g/mol. The van der Waals surface area contributed by atoms with Gasteiger partial charge in [0.2, 0.25) is 0 Å². The van der Waals surface area contributed by atoms with Crippen molar-refractivity contribution in [3.05, 3.63) is 59.9 Å². The monoisotopic (exact) mass is 260 g/mol. The number of nitrogens with one attached hydrogen (secondary N) is 2. The lowest BCUT2D eigenvalue weighted by Crippen LogP contribution is -2.35. The third kappa shape index (κ3) is 3.79. The summed E-state index contributed by atoms with van der Waals surface area (Å²) >= 11 is 0. The highest BCUT2D eigenvalue weighted by molar-refractivity contribution is 6.59. The molecule has 0 amide bonds. The first kappa shape index (κ1) is 13.5. The van der Waals surface area contributed by atoms with Crippen molar-refractivity contribution < 1.29 is 14.4 Å². The first-order chi connectivity index (χ1) is 9.16. The molecule has 0 saturated carbocycles. The Bertz CT molecular complexity index is 537. The van der Waals surface area contributed by atoms with E-state index < -0.39 is 12.9 Å². The van der Waals surface area contributed by atoms with E-state index in [1.54, 1.807) is 0 Å². The van der Waals surface area contributed by atoms with Crippen LogP contribution in [-0.4, -0.2) is 17.2 Å². The fraction of sp³-hybridized carbons (Fsp3) is 0.0769. The molecule has 0 aliphatic heterocycles. The molecule has 19 heavy (non-hydrogen) atoms. The molecule has 0 spiro atoms. The molecule has 0 atom stereocenters. The summed E-state index contributed by atoms with van der Waals surface area (Å²) in [5.74, 6) is -0.416. The van der Waals surface area contributed by atoms with Gasteiger partial charge in [0.05, 0.1) is 0 Å². The zero-order valence-electron chi connectivity index (χ0n) is 10.2. The van der Waals surface area contributed by atoms with Crippen molar-refractivity contribution >= 4 is 18.3 Å². The Morgan fingerprint density at radius 1 is 1.05 bits per heavy atom. The molecule has 2 aromatic rings. The molecule has 0 aromatic heterocycles. The highest BCUT2D eigenvalue weighted by Gasteiger charge is 2.16. The molecular weight excluding hydrogens is 246 g/mol. The molecule has 4 nitrogen and oxygen atoms in total. The van der Waals surface area contributed by atoms with Gasteiger partial charge in [-0.15, -0.1) is 0 Å². The van der Waals surface area contributed by atoms with E-state index in [9.17, 15) is 14.4 Å². The molecule has 0 heterocycles. The number of halogens is 1. The summed E-state index contributed by atoms with van der Waals surface area (Å²) in [7, 11) is -1.62. The second kappa shape index (κ2) is 6.33. The number of rotatable bonds is 5. The normalized spacial score (nSPS) is 10.3. The largest absolute Gasteiger partial charge is 0.488 e. The van der Waals surface area contributed by atoms with Crippen LogP contribution in [0.4, 0.5) is 10.1 Å². The maximum absolute atomic E-state index is 13.1. The minimum atomic E-state index is -1.62. The van der Waals surface area contributed by atoms with Gasteiger partial charge in [0, 0.05) is 12.2 Å². The topological polar surface area (TPSA) is 64.5 Å². The van der Waals surface area contributed by atoms with Crippen molar-refractivity contribution in [3.8, 4) is 0 Å². The SMILES string of the molecule is OB(O)c1ccc(F)cc1CNNc1ccccc1. The van der Waals surface area contributed by atoms with Crippen LogP contribution in [0.2, 0.25) is 0 Å². The van der Waals surface area contributed by atoms with Crippen molar-refractivity contribution in [2.45, 2.75) is 6.54 Å².